The number of imidazole rings is 1. The van der Waals surface area contributed by atoms with Crippen molar-refractivity contribution in [1.82, 2.24) is 19.5 Å². The van der Waals surface area contributed by atoms with Crippen LogP contribution in [-0.2, 0) is 11.3 Å². The number of ether oxygens (including phenoxy) is 1. The fraction of sp³-hybridized carbons (Fsp3) is 0.353. The smallest absolute Gasteiger partial charge is 0.228 e. The van der Waals surface area contributed by atoms with E-state index >= 15 is 0 Å². The molecule has 3 heterocycles. The molecule has 1 atom stereocenters. The molecule has 0 saturated carbocycles. The predicted octanol–water partition coefficient (Wildman–Crippen LogP) is 4.21. The summed E-state index contributed by atoms with van der Waals surface area (Å²) in [5.74, 6) is 0.161. The number of nitrogens with one attached hydrogen (secondary N) is 1. The van der Waals surface area contributed by atoms with Crippen LogP contribution < -0.4 is 5.32 Å². The number of benzene rings is 1. The lowest BCUT2D eigenvalue weighted by molar-refractivity contribution is 0.0338. The van der Waals surface area contributed by atoms with E-state index in [4.69, 9.17) is 16.3 Å². The summed E-state index contributed by atoms with van der Waals surface area (Å²) in [4.78, 5) is 13.4. The van der Waals surface area contributed by atoms with Crippen LogP contribution in [0.3, 0.4) is 0 Å². The summed E-state index contributed by atoms with van der Waals surface area (Å²) >= 11 is 8.47. The van der Waals surface area contributed by atoms with E-state index in [0.29, 0.717) is 28.8 Å². The van der Waals surface area contributed by atoms with Crippen LogP contribution in [0.15, 0.2) is 24.3 Å². The van der Waals surface area contributed by atoms with Gasteiger partial charge in [-0.1, -0.05) is 23.7 Å². The number of nitrogens with zero attached hydrogens (tertiary/aromatic N) is 4. The molecule has 1 aromatic carbocycles. The maximum absolute atomic E-state index is 13.1. The third-order valence-electron chi connectivity index (χ3n) is 4.23. The van der Waals surface area contributed by atoms with E-state index in [2.05, 4.69) is 42.9 Å². The Hall–Kier alpha value is -1.52. The minimum absolute atomic E-state index is 0.107. The van der Waals surface area contributed by atoms with Crippen LogP contribution in [0, 0.1) is 9.65 Å². The molecule has 136 valence electrons. The van der Waals surface area contributed by atoms with E-state index in [9.17, 15) is 4.39 Å². The monoisotopic (exact) mass is 487 g/mol. The van der Waals surface area contributed by atoms with Crippen molar-refractivity contribution in [1.29, 1.82) is 0 Å². The first-order valence-corrected chi connectivity index (χ1v) is 9.77. The molecule has 0 amide bonds. The van der Waals surface area contributed by atoms with E-state index < -0.39 is 0 Å². The van der Waals surface area contributed by atoms with Gasteiger partial charge in [-0.25, -0.2) is 9.37 Å². The zero-order chi connectivity index (χ0) is 18.1. The number of aromatic nitrogens is 4. The summed E-state index contributed by atoms with van der Waals surface area (Å²) in [5, 5.41) is 3.50. The van der Waals surface area contributed by atoms with Gasteiger partial charge >= 0.3 is 0 Å². The topological polar surface area (TPSA) is 64.9 Å². The summed E-state index contributed by atoms with van der Waals surface area (Å²) in [7, 11) is 0. The molecule has 1 unspecified atom stereocenters. The molecule has 0 aliphatic carbocycles. The molecular formula is C17H16ClFIN5O. The van der Waals surface area contributed by atoms with Crippen molar-refractivity contribution < 1.29 is 9.13 Å². The average Bonchev–Trinajstić information content (AvgIpc) is 2.94. The van der Waals surface area contributed by atoms with Gasteiger partial charge in [0, 0.05) is 29.2 Å². The Morgan fingerprint density at radius 3 is 2.77 bits per heavy atom. The molecule has 1 aliphatic rings. The number of halogens is 3. The molecule has 2 aromatic heterocycles. The van der Waals surface area contributed by atoms with E-state index in [1.54, 1.807) is 12.1 Å². The molecule has 1 saturated heterocycles. The summed E-state index contributed by atoms with van der Waals surface area (Å²) in [6, 6.07) is 6.37. The summed E-state index contributed by atoms with van der Waals surface area (Å²) in [5.41, 5.74) is 2.13. The van der Waals surface area contributed by atoms with Crippen molar-refractivity contribution in [2.75, 3.05) is 11.9 Å². The highest BCUT2D eigenvalue weighted by atomic mass is 127. The second kappa shape index (κ2) is 7.61. The van der Waals surface area contributed by atoms with Gasteiger partial charge in [0.25, 0.3) is 0 Å². The minimum Gasteiger partial charge on any atom is -0.359 e. The van der Waals surface area contributed by atoms with Crippen molar-refractivity contribution >= 4 is 51.3 Å². The molecular weight excluding hydrogens is 472 g/mol. The van der Waals surface area contributed by atoms with Gasteiger partial charge in [0.05, 0.1) is 6.54 Å². The highest BCUT2D eigenvalue weighted by Crippen LogP contribution is 2.25. The second-order valence-corrected chi connectivity index (χ2v) is 7.43. The largest absolute Gasteiger partial charge is 0.359 e. The summed E-state index contributed by atoms with van der Waals surface area (Å²) in [6.45, 7) is 1.25. The third-order valence-corrected chi connectivity index (χ3v) is 5.32. The van der Waals surface area contributed by atoms with Gasteiger partial charge in [-0.05, 0) is 37.0 Å². The van der Waals surface area contributed by atoms with Crippen LogP contribution in [0.1, 0.15) is 24.8 Å². The van der Waals surface area contributed by atoms with Crippen molar-refractivity contribution in [2.45, 2.75) is 32.0 Å². The van der Waals surface area contributed by atoms with Crippen LogP contribution in [0.5, 0.6) is 0 Å². The van der Waals surface area contributed by atoms with Gasteiger partial charge < -0.3 is 10.1 Å². The number of anilines is 1. The van der Waals surface area contributed by atoms with Crippen molar-refractivity contribution in [3.8, 4) is 0 Å². The standard InChI is InChI=1S/C17H16ClFIN5O/c18-14-13-15(24-17(23-14)21-12-3-1-2-8-26-12)25(16(20)22-13)9-10-4-6-11(19)7-5-10/h4-7,12H,1-3,8-9H2,(H,21,23,24). The van der Waals surface area contributed by atoms with Crippen molar-refractivity contribution in [3.05, 3.63) is 44.6 Å². The van der Waals surface area contributed by atoms with Crippen LogP contribution in [0.4, 0.5) is 10.3 Å². The number of hydrogen-bond acceptors (Lipinski definition) is 5. The third kappa shape index (κ3) is 3.77. The molecule has 0 radical (unpaired) electrons. The quantitative estimate of drug-likeness (QED) is 0.339. The van der Waals surface area contributed by atoms with Gasteiger partial charge in [0.1, 0.15) is 17.6 Å². The normalized spacial score (nSPS) is 17.6. The first kappa shape index (κ1) is 17.9. The molecule has 9 heteroatoms. The van der Waals surface area contributed by atoms with Gasteiger partial charge in [-0.2, -0.15) is 9.97 Å². The Kier molecular flexibility index (Phi) is 5.23. The molecule has 6 nitrogen and oxygen atoms in total. The average molecular weight is 488 g/mol. The van der Waals surface area contributed by atoms with Crippen LogP contribution in [-0.4, -0.2) is 32.4 Å². The zero-order valence-corrected chi connectivity index (χ0v) is 16.7. The Morgan fingerprint density at radius 2 is 2.04 bits per heavy atom. The highest BCUT2D eigenvalue weighted by molar-refractivity contribution is 14.1. The molecule has 0 spiro atoms. The highest BCUT2D eigenvalue weighted by Gasteiger charge is 2.19. The number of fused-ring (bicyclic) bond motifs is 1. The molecule has 4 rings (SSSR count). The van der Waals surface area contributed by atoms with Crippen molar-refractivity contribution in [3.63, 3.8) is 0 Å². The fourth-order valence-corrected chi connectivity index (χ4v) is 3.76. The van der Waals surface area contributed by atoms with Gasteiger partial charge in [-0.3, -0.25) is 4.57 Å². The SMILES string of the molecule is Fc1ccc(Cn2c(I)nc3c(Cl)nc(NC4CCCCO4)nc32)cc1. The molecule has 3 aromatic rings. The van der Waals surface area contributed by atoms with E-state index in [1.807, 2.05) is 4.57 Å². The Bertz CT molecular complexity index is 927. The minimum atomic E-state index is -0.261. The van der Waals surface area contributed by atoms with E-state index in [0.717, 1.165) is 35.3 Å². The van der Waals surface area contributed by atoms with Crippen LogP contribution in [0.25, 0.3) is 11.2 Å². The van der Waals surface area contributed by atoms with Gasteiger partial charge in [0.2, 0.25) is 5.95 Å². The second-order valence-electron chi connectivity index (χ2n) is 6.10. The van der Waals surface area contributed by atoms with Gasteiger partial charge in [-0.15, -0.1) is 0 Å². The maximum atomic E-state index is 13.1. The van der Waals surface area contributed by atoms with E-state index in [1.165, 1.54) is 12.1 Å². The Balaban J connectivity index is 1.68. The molecule has 26 heavy (non-hydrogen) atoms. The molecule has 1 aliphatic heterocycles. The summed E-state index contributed by atoms with van der Waals surface area (Å²) < 4.78 is 21.5. The number of hydrogen-bond donors (Lipinski definition) is 1. The first-order chi connectivity index (χ1) is 12.6. The molecule has 1 fully saturated rings. The van der Waals surface area contributed by atoms with E-state index in [-0.39, 0.29) is 12.0 Å². The molecule has 0 bridgehead atoms. The lowest BCUT2D eigenvalue weighted by Crippen LogP contribution is -2.28. The van der Waals surface area contributed by atoms with Crippen LogP contribution in [0.2, 0.25) is 5.15 Å². The lowest BCUT2D eigenvalue weighted by atomic mass is 10.2. The Morgan fingerprint density at radius 1 is 1.23 bits per heavy atom. The van der Waals surface area contributed by atoms with Gasteiger partial charge in [0.15, 0.2) is 14.6 Å². The zero-order valence-electron chi connectivity index (χ0n) is 13.8. The maximum Gasteiger partial charge on any atom is 0.228 e. The lowest BCUT2D eigenvalue weighted by Gasteiger charge is -2.23. The number of rotatable bonds is 4. The predicted molar refractivity (Wildman–Crippen MR) is 106 cm³/mol. The first-order valence-electron chi connectivity index (χ1n) is 8.32. The molecule has 1 N–H and O–H groups in total. The fourth-order valence-electron chi connectivity index (χ4n) is 2.92. The van der Waals surface area contributed by atoms with Crippen LogP contribution >= 0.6 is 34.2 Å². The Labute approximate surface area is 168 Å². The van der Waals surface area contributed by atoms with Crippen molar-refractivity contribution in [2.24, 2.45) is 0 Å². The summed E-state index contributed by atoms with van der Waals surface area (Å²) in [6.07, 6.45) is 2.98.